The molecule has 1 fully saturated rings. The van der Waals surface area contributed by atoms with Crippen molar-refractivity contribution < 1.29 is 0 Å². The molecule has 0 amide bonds. The SMILES string of the molecule is CCN(C1CCC(N)CC1)C(C)c1ccncc1. The highest BCUT2D eigenvalue weighted by molar-refractivity contribution is 5.14. The van der Waals surface area contributed by atoms with E-state index in [1.165, 1.54) is 31.2 Å². The highest BCUT2D eigenvalue weighted by Gasteiger charge is 2.26. The summed E-state index contributed by atoms with van der Waals surface area (Å²) in [6.45, 7) is 5.66. The Kier molecular flexibility index (Phi) is 4.72. The summed E-state index contributed by atoms with van der Waals surface area (Å²) in [7, 11) is 0. The average molecular weight is 247 g/mol. The van der Waals surface area contributed by atoms with Crippen LogP contribution < -0.4 is 5.73 Å². The first-order valence-corrected chi connectivity index (χ1v) is 7.13. The van der Waals surface area contributed by atoms with Gasteiger partial charge >= 0.3 is 0 Å². The Bertz CT molecular complexity index is 344. The van der Waals surface area contributed by atoms with Gasteiger partial charge in [0.05, 0.1) is 0 Å². The third-order valence-electron chi connectivity index (χ3n) is 4.26. The van der Waals surface area contributed by atoms with E-state index in [4.69, 9.17) is 5.73 Å². The van der Waals surface area contributed by atoms with Crippen LogP contribution in [0.15, 0.2) is 24.5 Å². The number of hydrogen-bond donors (Lipinski definition) is 1. The maximum atomic E-state index is 6.00. The fourth-order valence-electron chi connectivity index (χ4n) is 3.11. The van der Waals surface area contributed by atoms with Gasteiger partial charge in [-0.15, -0.1) is 0 Å². The lowest BCUT2D eigenvalue weighted by molar-refractivity contribution is 0.114. The summed E-state index contributed by atoms with van der Waals surface area (Å²) < 4.78 is 0. The molecule has 0 saturated heterocycles. The van der Waals surface area contributed by atoms with E-state index >= 15 is 0 Å². The molecule has 1 saturated carbocycles. The normalized spacial score (nSPS) is 26.2. The maximum absolute atomic E-state index is 6.00. The van der Waals surface area contributed by atoms with Gasteiger partial charge in [-0.2, -0.15) is 0 Å². The van der Waals surface area contributed by atoms with Crippen LogP contribution >= 0.6 is 0 Å². The second-order valence-corrected chi connectivity index (χ2v) is 5.36. The zero-order valence-electron chi connectivity index (χ0n) is 11.5. The number of nitrogens with zero attached hydrogens (tertiary/aromatic N) is 2. The number of rotatable bonds is 4. The second-order valence-electron chi connectivity index (χ2n) is 5.36. The van der Waals surface area contributed by atoms with Crippen molar-refractivity contribution in [1.82, 2.24) is 9.88 Å². The van der Waals surface area contributed by atoms with Crippen molar-refractivity contribution in [3.63, 3.8) is 0 Å². The molecule has 0 bridgehead atoms. The number of pyridine rings is 1. The van der Waals surface area contributed by atoms with Gasteiger partial charge in [0, 0.05) is 30.5 Å². The van der Waals surface area contributed by atoms with E-state index < -0.39 is 0 Å². The molecule has 1 aromatic heterocycles. The Morgan fingerprint density at radius 2 is 1.89 bits per heavy atom. The van der Waals surface area contributed by atoms with Gasteiger partial charge < -0.3 is 5.73 Å². The van der Waals surface area contributed by atoms with Gasteiger partial charge in [-0.3, -0.25) is 9.88 Å². The minimum Gasteiger partial charge on any atom is -0.328 e. The molecule has 1 aromatic rings. The van der Waals surface area contributed by atoms with Crippen LogP contribution in [0.2, 0.25) is 0 Å². The fourth-order valence-corrected chi connectivity index (χ4v) is 3.11. The van der Waals surface area contributed by atoms with Crippen LogP contribution in [0.3, 0.4) is 0 Å². The molecule has 2 rings (SSSR count). The quantitative estimate of drug-likeness (QED) is 0.889. The Hall–Kier alpha value is -0.930. The van der Waals surface area contributed by atoms with Crippen LogP contribution in [0.1, 0.15) is 51.1 Å². The summed E-state index contributed by atoms with van der Waals surface area (Å²) in [5.74, 6) is 0. The van der Waals surface area contributed by atoms with Crippen LogP contribution in [-0.4, -0.2) is 28.5 Å². The molecule has 1 unspecified atom stereocenters. The summed E-state index contributed by atoms with van der Waals surface area (Å²) in [4.78, 5) is 6.71. The van der Waals surface area contributed by atoms with Crippen molar-refractivity contribution in [1.29, 1.82) is 0 Å². The molecule has 0 spiro atoms. The molecular formula is C15H25N3. The van der Waals surface area contributed by atoms with E-state index in [0.29, 0.717) is 18.1 Å². The first-order valence-electron chi connectivity index (χ1n) is 7.13. The van der Waals surface area contributed by atoms with Gasteiger partial charge in [0.1, 0.15) is 0 Å². The van der Waals surface area contributed by atoms with Gasteiger partial charge in [0.25, 0.3) is 0 Å². The molecule has 2 N–H and O–H groups in total. The molecule has 0 aromatic carbocycles. The molecule has 18 heavy (non-hydrogen) atoms. The molecule has 3 nitrogen and oxygen atoms in total. The molecule has 1 aliphatic rings. The summed E-state index contributed by atoms with van der Waals surface area (Å²) in [5.41, 5.74) is 7.36. The van der Waals surface area contributed by atoms with Crippen molar-refractivity contribution in [2.45, 2.75) is 57.7 Å². The fraction of sp³-hybridized carbons (Fsp3) is 0.667. The molecule has 1 heterocycles. The number of nitrogens with two attached hydrogens (primary N) is 1. The maximum Gasteiger partial charge on any atom is 0.0323 e. The first-order chi connectivity index (χ1) is 8.72. The Morgan fingerprint density at radius 3 is 2.44 bits per heavy atom. The van der Waals surface area contributed by atoms with E-state index in [-0.39, 0.29) is 0 Å². The first kappa shape index (κ1) is 13.5. The third kappa shape index (κ3) is 3.09. The van der Waals surface area contributed by atoms with Crippen molar-refractivity contribution in [2.24, 2.45) is 5.73 Å². The summed E-state index contributed by atoms with van der Waals surface area (Å²) >= 11 is 0. The summed E-state index contributed by atoms with van der Waals surface area (Å²) in [5, 5.41) is 0. The lowest BCUT2D eigenvalue weighted by Crippen LogP contribution is -2.42. The lowest BCUT2D eigenvalue weighted by Gasteiger charge is -2.39. The molecule has 100 valence electrons. The van der Waals surface area contributed by atoms with Crippen LogP contribution in [0.4, 0.5) is 0 Å². The zero-order valence-corrected chi connectivity index (χ0v) is 11.5. The highest BCUT2D eigenvalue weighted by atomic mass is 15.2. The summed E-state index contributed by atoms with van der Waals surface area (Å²) in [6, 6.07) is 5.84. The summed E-state index contributed by atoms with van der Waals surface area (Å²) in [6.07, 6.45) is 8.59. The van der Waals surface area contributed by atoms with E-state index in [1.807, 2.05) is 12.4 Å². The molecular weight excluding hydrogens is 222 g/mol. The molecule has 0 aliphatic heterocycles. The minimum absolute atomic E-state index is 0.427. The van der Waals surface area contributed by atoms with Gasteiger partial charge in [-0.05, 0) is 56.8 Å². The van der Waals surface area contributed by atoms with E-state index in [9.17, 15) is 0 Å². The van der Waals surface area contributed by atoms with Crippen LogP contribution in [0, 0.1) is 0 Å². The standard InChI is InChI=1S/C15H25N3/c1-3-18(15-6-4-14(16)5-7-15)12(2)13-8-10-17-11-9-13/h8-12,14-15H,3-7,16H2,1-2H3. The topological polar surface area (TPSA) is 42.1 Å². The smallest absolute Gasteiger partial charge is 0.0323 e. The highest BCUT2D eigenvalue weighted by Crippen LogP contribution is 2.29. The third-order valence-corrected chi connectivity index (χ3v) is 4.26. The van der Waals surface area contributed by atoms with E-state index in [0.717, 1.165) is 6.54 Å². The number of hydrogen-bond acceptors (Lipinski definition) is 3. The number of aromatic nitrogens is 1. The lowest BCUT2D eigenvalue weighted by atomic mass is 9.89. The van der Waals surface area contributed by atoms with E-state index in [2.05, 4.69) is 35.9 Å². The van der Waals surface area contributed by atoms with Crippen LogP contribution in [-0.2, 0) is 0 Å². The van der Waals surface area contributed by atoms with Gasteiger partial charge in [0.2, 0.25) is 0 Å². The van der Waals surface area contributed by atoms with Gasteiger partial charge in [-0.25, -0.2) is 0 Å². The Morgan fingerprint density at radius 1 is 1.28 bits per heavy atom. The molecule has 3 heteroatoms. The molecule has 1 atom stereocenters. The van der Waals surface area contributed by atoms with Gasteiger partial charge in [0.15, 0.2) is 0 Å². The van der Waals surface area contributed by atoms with Crippen molar-refractivity contribution >= 4 is 0 Å². The van der Waals surface area contributed by atoms with Crippen LogP contribution in [0.5, 0.6) is 0 Å². The van der Waals surface area contributed by atoms with Crippen LogP contribution in [0.25, 0.3) is 0 Å². The minimum atomic E-state index is 0.427. The average Bonchev–Trinajstić information content (AvgIpc) is 2.42. The van der Waals surface area contributed by atoms with E-state index in [1.54, 1.807) is 0 Å². The van der Waals surface area contributed by atoms with Crippen molar-refractivity contribution in [2.75, 3.05) is 6.54 Å². The molecule has 1 aliphatic carbocycles. The monoisotopic (exact) mass is 247 g/mol. The van der Waals surface area contributed by atoms with Gasteiger partial charge in [-0.1, -0.05) is 6.92 Å². The zero-order chi connectivity index (χ0) is 13.0. The predicted octanol–water partition coefficient (Wildman–Crippen LogP) is 2.73. The largest absolute Gasteiger partial charge is 0.328 e. The second kappa shape index (κ2) is 6.30. The predicted molar refractivity (Wildman–Crippen MR) is 75.3 cm³/mol. The Labute approximate surface area is 110 Å². The van der Waals surface area contributed by atoms with Crippen molar-refractivity contribution in [3.8, 4) is 0 Å². The molecule has 0 radical (unpaired) electrons. The van der Waals surface area contributed by atoms with Crippen molar-refractivity contribution in [3.05, 3.63) is 30.1 Å². The Balaban J connectivity index is 2.04.